The molecule has 1 atom stereocenters. The van der Waals surface area contributed by atoms with Gasteiger partial charge in [0.05, 0.1) is 0 Å². The van der Waals surface area contributed by atoms with Gasteiger partial charge in [-0.15, -0.1) is 0 Å². The monoisotopic (exact) mass is 352 g/mol. The van der Waals surface area contributed by atoms with Crippen LogP contribution in [0, 0.1) is 35.2 Å². The number of nitrogens with zero attached hydrogens (tertiary/aromatic N) is 1. The average Bonchev–Trinajstić information content (AvgIpc) is 2.54. The zero-order chi connectivity index (χ0) is 17.9. The minimum absolute atomic E-state index is 0.0914. The first kappa shape index (κ1) is 17.9. The van der Waals surface area contributed by atoms with Gasteiger partial charge in [0.15, 0.2) is 11.6 Å². The van der Waals surface area contributed by atoms with Gasteiger partial charge in [0, 0.05) is 12.6 Å². The minimum Gasteiger partial charge on any atom is -0.491 e. The fraction of sp³-hybridized carbons (Fsp3) is 0.214. The Morgan fingerprint density at radius 1 is 1.00 bits per heavy atom. The molecule has 1 aromatic heterocycles. The molecule has 2 aromatic rings. The van der Waals surface area contributed by atoms with Crippen LogP contribution in [0.5, 0.6) is 5.75 Å². The molecule has 10 heteroatoms. The molecule has 2 N–H and O–H groups in total. The van der Waals surface area contributed by atoms with Crippen molar-refractivity contribution in [2.24, 2.45) is 0 Å². The lowest BCUT2D eigenvalue weighted by Crippen LogP contribution is -2.27. The van der Waals surface area contributed by atoms with Gasteiger partial charge in [-0.2, -0.15) is 22.5 Å². The van der Waals surface area contributed by atoms with Crippen molar-refractivity contribution in [1.29, 1.82) is 0 Å². The van der Waals surface area contributed by atoms with Crippen LogP contribution in [0.1, 0.15) is 0 Å². The summed E-state index contributed by atoms with van der Waals surface area (Å²) < 4.78 is 83.1. The van der Waals surface area contributed by atoms with Gasteiger partial charge in [-0.05, 0) is 12.1 Å². The Morgan fingerprint density at radius 2 is 1.62 bits per heavy atom. The first-order valence-electron chi connectivity index (χ1n) is 6.49. The van der Waals surface area contributed by atoms with E-state index in [1.807, 2.05) is 5.32 Å². The second-order valence-corrected chi connectivity index (χ2v) is 4.62. The molecule has 2 rings (SSSR count). The number of anilines is 1. The van der Waals surface area contributed by atoms with Crippen LogP contribution in [0.4, 0.5) is 32.0 Å². The van der Waals surface area contributed by atoms with Crippen LogP contribution < -0.4 is 10.1 Å². The Hall–Kier alpha value is -2.49. The number of aliphatic hydroxyl groups excluding tert-OH is 1. The molecule has 1 aromatic carbocycles. The predicted molar refractivity (Wildman–Crippen MR) is 70.4 cm³/mol. The molecule has 130 valence electrons. The Bertz CT molecular complexity index is 717. The van der Waals surface area contributed by atoms with E-state index in [0.29, 0.717) is 0 Å². The molecule has 0 aliphatic heterocycles. The van der Waals surface area contributed by atoms with Crippen LogP contribution in [-0.4, -0.2) is 29.3 Å². The highest BCUT2D eigenvalue weighted by Gasteiger charge is 2.21. The number of benzene rings is 1. The van der Waals surface area contributed by atoms with E-state index in [4.69, 9.17) is 4.74 Å². The van der Waals surface area contributed by atoms with E-state index in [1.165, 1.54) is 0 Å². The van der Waals surface area contributed by atoms with E-state index in [9.17, 15) is 31.4 Å². The van der Waals surface area contributed by atoms with Crippen molar-refractivity contribution in [3.05, 3.63) is 53.4 Å². The van der Waals surface area contributed by atoms with Crippen LogP contribution in [0.15, 0.2) is 18.2 Å². The predicted octanol–water partition coefficient (Wildman–Crippen LogP) is 2.77. The Morgan fingerprint density at radius 3 is 2.21 bits per heavy atom. The van der Waals surface area contributed by atoms with Crippen molar-refractivity contribution in [2.45, 2.75) is 6.10 Å². The van der Waals surface area contributed by atoms with Gasteiger partial charge in [0.1, 0.15) is 24.1 Å². The summed E-state index contributed by atoms with van der Waals surface area (Å²) in [7, 11) is 0. The zero-order valence-electron chi connectivity index (χ0n) is 11.8. The molecule has 24 heavy (non-hydrogen) atoms. The molecular weight excluding hydrogens is 342 g/mol. The number of rotatable bonds is 6. The summed E-state index contributed by atoms with van der Waals surface area (Å²) in [6.45, 7) is -1.00. The van der Waals surface area contributed by atoms with Gasteiger partial charge in [-0.3, -0.25) is 0 Å². The van der Waals surface area contributed by atoms with Crippen LogP contribution in [0.3, 0.4) is 0 Å². The standard InChI is InChI=1S/C14H10F6N2O2/c15-8-2-1-7(3-9(8)16)24-5-6(23)4-21-12-10(17)13(19)22-14(20)11(12)18/h1-3,6,23H,4-5H2,(H,21,22). The number of aromatic nitrogens is 1. The van der Waals surface area contributed by atoms with Gasteiger partial charge in [-0.1, -0.05) is 0 Å². The number of aliphatic hydroxyl groups is 1. The van der Waals surface area contributed by atoms with Gasteiger partial charge >= 0.3 is 0 Å². The second kappa shape index (κ2) is 7.39. The molecule has 0 amide bonds. The Balaban J connectivity index is 1.94. The topological polar surface area (TPSA) is 54.4 Å². The first-order valence-corrected chi connectivity index (χ1v) is 6.49. The summed E-state index contributed by atoms with van der Waals surface area (Å²) in [5, 5.41) is 11.6. The summed E-state index contributed by atoms with van der Waals surface area (Å²) in [6, 6.07) is 2.65. The van der Waals surface area contributed by atoms with Crippen molar-refractivity contribution in [2.75, 3.05) is 18.5 Å². The van der Waals surface area contributed by atoms with Crippen LogP contribution in [-0.2, 0) is 0 Å². The fourth-order valence-corrected chi connectivity index (χ4v) is 1.68. The highest BCUT2D eigenvalue weighted by Crippen LogP contribution is 2.22. The van der Waals surface area contributed by atoms with E-state index in [2.05, 4.69) is 4.98 Å². The molecule has 0 saturated heterocycles. The third kappa shape index (κ3) is 4.07. The highest BCUT2D eigenvalue weighted by atomic mass is 19.2. The van der Waals surface area contributed by atoms with Gasteiger partial charge < -0.3 is 15.2 Å². The highest BCUT2D eigenvalue weighted by molar-refractivity contribution is 5.45. The maximum Gasteiger partial charge on any atom is 0.253 e. The minimum atomic E-state index is -1.84. The lowest BCUT2D eigenvalue weighted by molar-refractivity contribution is 0.117. The van der Waals surface area contributed by atoms with E-state index < -0.39 is 60.1 Å². The van der Waals surface area contributed by atoms with E-state index in [0.717, 1.165) is 18.2 Å². The molecule has 0 bridgehead atoms. The molecule has 1 heterocycles. The third-order valence-electron chi connectivity index (χ3n) is 2.85. The van der Waals surface area contributed by atoms with Crippen molar-refractivity contribution in [3.63, 3.8) is 0 Å². The van der Waals surface area contributed by atoms with Crippen LogP contribution >= 0.6 is 0 Å². The molecule has 0 aliphatic carbocycles. The molecule has 0 spiro atoms. The lowest BCUT2D eigenvalue weighted by Gasteiger charge is -2.15. The average molecular weight is 352 g/mol. The quantitative estimate of drug-likeness (QED) is 0.620. The first-order chi connectivity index (χ1) is 11.3. The number of hydrogen-bond donors (Lipinski definition) is 2. The van der Waals surface area contributed by atoms with Crippen molar-refractivity contribution in [3.8, 4) is 5.75 Å². The normalized spacial score (nSPS) is 12.1. The summed E-state index contributed by atoms with van der Waals surface area (Å²) in [6.07, 6.45) is -1.38. The van der Waals surface area contributed by atoms with E-state index in [-0.39, 0.29) is 5.75 Å². The third-order valence-corrected chi connectivity index (χ3v) is 2.85. The summed E-state index contributed by atoms with van der Waals surface area (Å²) >= 11 is 0. The van der Waals surface area contributed by atoms with Crippen molar-refractivity contribution < 1.29 is 36.2 Å². The maximum absolute atomic E-state index is 13.3. The molecular formula is C14H10F6N2O2. The van der Waals surface area contributed by atoms with E-state index >= 15 is 0 Å². The number of pyridine rings is 1. The summed E-state index contributed by atoms with van der Waals surface area (Å²) in [5.74, 6) is -9.52. The number of ether oxygens (including phenoxy) is 1. The Kier molecular flexibility index (Phi) is 5.50. The summed E-state index contributed by atoms with van der Waals surface area (Å²) in [5.41, 5.74) is -1.13. The van der Waals surface area contributed by atoms with Crippen molar-refractivity contribution >= 4 is 5.69 Å². The molecule has 0 radical (unpaired) electrons. The SMILES string of the molecule is OC(CNc1c(F)c(F)nc(F)c1F)COc1ccc(F)c(F)c1. The van der Waals surface area contributed by atoms with E-state index in [1.54, 1.807) is 0 Å². The van der Waals surface area contributed by atoms with Crippen molar-refractivity contribution in [1.82, 2.24) is 4.98 Å². The zero-order valence-corrected chi connectivity index (χ0v) is 11.8. The van der Waals surface area contributed by atoms with Gasteiger partial charge in [-0.25, -0.2) is 8.78 Å². The Labute approximate surface area is 131 Å². The number of halogens is 6. The number of nitrogens with one attached hydrogen (secondary N) is 1. The molecule has 0 aliphatic rings. The maximum atomic E-state index is 13.3. The molecule has 0 fully saturated rings. The molecule has 1 unspecified atom stereocenters. The second-order valence-electron chi connectivity index (χ2n) is 4.62. The van der Waals surface area contributed by atoms with Gasteiger partial charge in [0.2, 0.25) is 11.6 Å². The number of hydrogen-bond acceptors (Lipinski definition) is 4. The lowest BCUT2D eigenvalue weighted by atomic mass is 10.3. The summed E-state index contributed by atoms with van der Waals surface area (Å²) in [4.78, 5) is 2.38. The molecule has 4 nitrogen and oxygen atoms in total. The fourth-order valence-electron chi connectivity index (χ4n) is 1.68. The smallest absolute Gasteiger partial charge is 0.253 e. The van der Waals surface area contributed by atoms with Gasteiger partial charge in [0.25, 0.3) is 11.9 Å². The van der Waals surface area contributed by atoms with Crippen LogP contribution in [0.25, 0.3) is 0 Å². The molecule has 0 saturated carbocycles. The largest absolute Gasteiger partial charge is 0.491 e. The van der Waals surface area contributed by atoms with Crippen LogP contribution in [0.2, 0.25) is 0 Å².